The van der Waals surface area contributed by atoms with Crippen molar-refractivity contribution < 1.29 is 0 Å². The van der Waals surface area contributed by atoms with Crippen LogP contribution in [0.3, 0.4) is 0 Å². The normalized spacial score (nSPS) is 15.9. The monoisotopic (exact) mass is 334 g/mol. The zero-order valence-electron chi connectivity index (χ0n) is 15.4. The van der Waals surface area contributed by atoms with Crippen molar-refractivity contribution in [1.29, 1.82) is 0 Å². The van der Waals surface area contributed by atoms with E-state index in [9.17, 15) is 0 Å². The average molecular weight is 335 g/mol. The highest BCUT2D eigenvalue weighted by atomic mass is 15.2. The number of benzene rings is 2. The Hall–Kier alpha value is -2.06. The molecule has 0 aliphatic carbocycles. The standard InChI is InChI=1S/C23H30N2/c1-3-20(2)25(22-12-8-5-9-13-22)23-15-18-24(19-16-23)17-14-21-10-6-4-7-11-21/h4-13,23H,2-3,14-19H2,1H3. The topological polar surface area (TPSA) is 6.48 Å². The van der Waals surface area contributed by atoms with Gasteiger partial charge < -0.3 is 9.80 Å². The van der Waals surface area contributed by atoms with Crippen LogP contribution >= 0.6 is 0 Å². The molecular weight excluding hydrogens is 304 g/mol. The first-order valence-electron chi connectivity index (χ1n) is 9.56. The Labute approximate surface area is 152 Å². The van der Waals surface area contributed by atoms with Crippen molar-refractivity contribution >= 4 is 5.69 Å². The van der Waals surface area contributed by atoms with Gasteiger partial charge in [0, 0.05) is 37.1 Å². The Morgan fingerprint density at radius 1 is 1.00 bits per heavy atom. The summed E-state index contributed by atoms with van der Waals surface area (Å²) in [6.45, 7) is 10.1. The highest BCUT2D eigenvalue weighted by molar-refractivity contribution is 5.52. The molecule has 0 radical (unpaired) electrons. The molecule has 0 amide bonds. The first kappa shape index (κ1) is 17.8. The van der Waals surface area contributed by atoms with Gasteiger partial charge >= 0.3 is 0 Å². The third-order valence-corrected chi connectivity index (χ3v) is 5.26. The number of hydrogen-bond donors (Lipinski definition) is 0. The van der Waals surface area contributed by atoms with Crippen LogP contribution < -0.4 is 4.90 Å². The zero-order chi connectivity index (χ0) is 17.5. The summed E-state index contributed by atoms with van der Waals surface area (Å²) in [4.78, 5) is 5.09. The molecule has 1 aliphatic heterocycles. The second-order valence-corrected chi connectivity index (χ2v) is 6.93. The van der Waals surface area contributed by atoms with Crippen LogP contribution in [0.5, 0.6) is 0 Å². The molecule has 2 aromatic rings. The molecule has 2 nitrogen and oxygen atoms in total. The lowest BCUT2D eigenvalue weighted by Crippen LogP contribution is -2.45. The summed E-state index contributed by atoms with van der Waals surface area (Å²) < 4.78 is 0. The quantitative estimate of drug-likeness (QED) is 0.693. The predicted octanol–water partition coefficient (Wildman–Crippen LogP) is 5.12. The Morgan fingerprint density at radius 2 is 1.60 bits per heavy atom. The van der Waals surface area contributed by atoms with Gasteiger partial charge in [-0.1, -0.05) is 62.0 Å². The number of piperidine rings is 1. The summed E-state index contributed by atoms with van der Waals surface area (Å²) in [5.41, 5.74) is 3.96. The summed E-state index contributed by atoms with van der Waals surface area (Å²) in [7, 11) is 0. The fraction of sp³-hybridized carbons (Fsp3) is 0.391. The van der Waals surface area contributed by atoms with Crippen LogP contribution in [0.15, 0.2) is 72.9 Å². The van der Waals surface area contributed by atoms with E-state index >= 15 is 0 Å². The van der Waals surface area contributed by atoms with Crippen molar-refractivity contribution in [3.63, 3.8) is 0 Å². The first-order valence-corrected chi connectivity index (χ1v) is 9.56. The van der Waals surface area contributed by atoms with Crippen LogP contribution in [-0.2, 0) is 6.42 Å². The maximum Gasteiger partial charge on any atom is 0.0410 e. The second kappa shape index (κ2) is 8.87. The fourth-order valence-electron chi connectivity index (χ4n) is 3.74. The van der Waals surface area contributed by atoms with E-state index in [-0.39, 0.29) is 0 Å². The number of para-hydroxylation sites is 1. The zero-order valence-corrected chi connectivity index (χ0v) is 15.4. The molecule has 132 valence electrons. The lowest BCUT2D eigenvalue weighted by Gasteiger charge is -2.40. The summed E-state index contributed by atoms with van der Waals surface area (Å²) in [5, 5.41) is 0. The van der Waals surface area contributed by atoms with Crippen molar-refractivity contribution in [2.24, 2.45) is 0 Å². The van der Waals surface area contributed by atoms with Gasteiger partial charge in [-0.05, 0) is 43.4 Å². The summed E-state index contributed by atoms with van der Waals surface area (Å²) in [5.74, 6) is 0. The third-order valence-electron chi connectivity index (χ3n) is 5.26. The van der Waals surface area contributed by atoms with Gasteiger partial charge in [-0.25, -0.2) is 0 Å². The third kappa shape index (κ3) is 4.73. The summed E-state index contributed by atoms with van der Waals surface area (Å²) in [6, 6.07) is 22.2. The van der Waals surface area contributed by atoms with Crippen LogP contribution in [0.2, 0.25) is 0 Å². The molecule has 1 aliphatic rings. The highest BCUT2D eigenvalue weighted by Gasteiger charge is 2.25. The number of rotatable bonds is 7. The van der Waals surface area contributed by atoms with Crippen LogP contribution in [0, 0.1) is 0 Å². The van der Waals surface area contributed by atoms with Crippen molar-refractivity contribution in [2.75, 3.05) is 24.5 Å². The van der Waals surface area contributed by atoms with Gasteiger partial charge in [0.15, 0.2) is 0 Å². The molecule has 0 aromatic heterocycles. The minimum atomic E-state index is 0.572. The van der Waals surface area contributed by atoms with E-state index < -0.39 is 0 Å². The Kier molecular flexibility index (Phi) is 6.30. The van der Waals surface area contributed by atoms with Gasteiger partial charge in [-0.15, -0.1) is 0 Å². The summed E-state index contributed by atoms with van der Waals surface area (Å²) in [6.07, 6.45) is 4.57. The van der Waals surface area contributed by atoms with Gasteiger partial charge in [-0.3, -0.25) is 0 Å². The van der Waals surface area contributed by atoms with Gasteiger partial charge in [0.25, 0.3) is 0 Å². The van der Waals surface area contributed by atoms with Gasteiger partial charge in [0.05, 0.1) is 0 Å². The average Bonchev–Trinajstić information content (AvgIpc) is 2.69. The molecular formula is C23H30N2. The molecule has 1 saturated heterocycles. The molecule has 0 unspecified atom stereocenters. The number of hydrogen-bond acceptors (Lipinski definition) is 2. The van der Waals surface area contributed by atoms with Gasteiger partial charge in [-0.2, -0.15) is 0 Å². The fourth-order valence-corrected chi connectivity index (χ4v) is 3.74. The number of allylic oxidation sites excluding steroid dienone is 1. The molecule has 0 spiro atoms. The molecule has 3 rings (SSSR count). The van der Waals surface area contributed by atoms with Crippen LogP contribution in [0.25, 0.3) is 0 Å². The molecule has 25 heavy (non-hydrogen) atoms. The van der Waals surface area contributed by atoms with E-state index in [2.05, 4.69) is 84.0 Å². The molecule has 1 heterocycles. The van der Waals surface area contributed by atoms with E-state index in [0.29, 0.717) is 6.04 Å². The molecule has 2 aromatic carbocycles. The SMILES string of the molecule is C=C(CC)N(c1ccccc1)C1CCN(CCc2ccccc2)CC1. The largest absolute Gasteiger partial charge is 0.343 e. The van der Waals surface area contributed by atoms with Crippen LogP contribution in [0.4, 0.5) is 5.69 Å². The van der Waals surface area contributed by atoms with E-state index in [0.717, 1.165) is 19.4 Å². The smallest absolute Gasteiger partial charge is 0.0410 e. The second-order valence-electron chi connectivity index (χ2n) is 6.93. The van der Waals surface area contributed by atoms with Crippen LogP contribution in [0.1, 0.15) is 31.7 Å². The molecule has 0 N–H and O–H groups in total. The summed E-state index contributed by atoms with van der Waals surface area (Å²) >= 11 is 0. The lowest BCUT2D eigenvalue weighted by atomic mass is 10.0. The first-order chi connectivity index (χ1) is 12.3. The van der Waals surface area contributed by atoms with Crippen molar-refractivity contribution in [3.8, 4) is 0 Å². The van der Waals surface area contributed by atoms with Gasteiger partial charge in [0.2, 0.25) is 0 Å². The lowest BCUT2D eigenvalue weighted by molar-refractivity contribution is 0.213. The predicted molar refractivity (Wildman–Crippen MR) is 108 cm³/mol. The maximum atomic E-state index is 4.33. The number of anilines is 1. The Balaban J connectivity index is 1.57. The molecule has 0 bridgehead atoms. The molecule has 1 fully saturated rings. The van der Waals surface area contributed by atoms with Crippen molar-refractivity contribution in [3.05, 3.63) is 78.5 Å². The Bertz CT molecular complexity index is 642. The number of likely N-dealkylation sites (tertiary alicyclic amines) is 1. The Morgan fingerprint density at radius 3 is 2.20 bits per heavy atom. The van der Waals surface area contributed by atoms with Crippen LogP contribution in [-0.4, -0.2) is 30.6 Å². The molecule has 0 atom stereocenters. The minimum Gasteiger partial charge on any atom is -0.343 e. The molecule has 0 saturated carbocycles. The van der Waals surface area contributed by atoms with Crippen molar-refractivity contribution in [1.82, 2.24) is 4.90 Å². The van der Waals surface area contributed by atoms with E-state index in [4.69, 9.17) is 0 Å². The van der Waals surface area contributed by atoms with E-state index in [1.54, 1.807) is 0 Å². The van der Waals surface area contributed by atoms with Gasteiger partial charge in [0.1, 0.15) is 0 Å². The molecule has 2 heteroatoms. The van der Waals surface area contributed by atoms with Crippen molar-refractivity contribution in [2.45, 2.75) is 38.6 Å². The van der Waals surface area contributed by atoms with E-state index in [1.807, 2.05) is 0 Å². The number of nitrogens with zero attached hydrogens (tertiary/aromatic N) is 2. The van der Waals surface area contributed by atoms with E-state index in [1.165, 1.54) is 42.9 Å². The highest BCUT2D eigenvalue weighted by Crippen LogP contribution is 2.28. The minimum absolute atomic E-state index is 0.572. The maximum absolute atomic E-state index is 4.33.